The largest absolute Gasteiger partial charge is 0.491 e. The normalized spacial score (nSPS) is 12.4. The number of aliphatic hydroxyl groups excluding tert-OH is 1. The van der Waals surface area contributed by atoms with Crippen molar-refractivity contribution in [2.24, 2.45) is 7.05 Å². The average molecular weight is 333 g/mol. The molecule has 0 fully saturated rings. The molecule has 2 N–H and O–H groups in total. The van der Waals surface area contributed by atoms with Crippen LogP contribution in [0.3, 0.4) is 0 Å². The molecule has 0 bridgehead atoms. The van der Waals surface area contributed by atoms with Crippen LogP contribution in [-0.4, -0.2) is 41.3 Å². The Morgan fingerprint density at radius 2 is 1.96 bits per heavy atom. The number of nitrogens with one attached hydrogen (secondary N) is 1. The minimum Gasteiger partial charge on any atom is -0.491 e. The third-order valence-corrected chi connectivity index (χ3v) is 3.73. The van der Waals surface area contributed by atoms with Gasteiger partial charge in [0.2, 0.25) is 5.88 Å². The zero-order valence-corrected chi connectivity index (χ0v) is 14.8. The molecule has 0 amide bonds. The number of para-hydroxylation sites is 1. The quantitative estimate of drug-likeness (QED) is 0.735. The molecule has 2 rings (SSSR count). The van der Waals surface area contributed by atoms with Gasteiger partial charge in [-0.1, -0.05) is 32.0 Å². The van der Waals surface area contributed by atoms with Crippen molar-refractivity contribution in [3.63, 3.8) is 0 Å². The number of methoxy groups -OCH3 is 1. The molecule has 0 aliphatic heterocycles. The van der Waals surface area contributed by atoms with Crippen LogP contribution < -0.4 is 14.8 Å². The maximum atomic E-state index is 10.1. The molecule has 0 saturated heterocycles. The van der Waals surface area contributed by atoms with Gasteiger partial charge in [-0.05, 0) is 18.1 Å². The van der Waals surface area contributed by atoms with Crippen molar-refractivity contribution in [1.82, 2.24) is 15.1 Å². The molecular formula is C18H27N3O3. The molecule has 2 aromatic rings. The van der Waals surface area contributed by atoms with E-state index in [4.69, 9.17) is 9.47 Å². The van der Waals surface area contributed by atoms with E-state index in [-0.39, 0.29) is 6.61 Å². The number of aryl methyl sites for hydroxylation is 1. The van der Waals surface area contributed by atoms with Crippen molar-refractivity contribution in [2.45, 2.75) is 32.4 Å². The first-order chi connectivity index (χ1) is 11.5. The summed E-state index contributed by atoms with van der Waals surface area (Å²) in [6.45, 7) is 5.48. The van der Waals surface area contributed by atoms with E-state index in [1.54, 1.807) is 11.8 Å². The highest BCUT2D eigenvalue weighted by molar-refractivity contribution is 5.33. The number of benzene rings is 1. The molecule has 1 atom stereocenters. The topological polar surface area (TPSA) is 68.5 Å². The van der Waals surface area contributed by atoms with E-state index in [0.29, 0.717) is 19.0 Å². The monoisotopic (exact) mass is 333 g/mol. The van der Waals surface area contributed by atoms with Crippen molar-refractivity contribution in [3.8, 4) is 11.6 Å². The van der Waals surface area contributed by atoms with Gasteiger partial charge >= 0.3 is 0 Å². The highest BCUT2D eigenvalue weighted by atomic mass is 16.5. The summed E-state index contributed by atoms with van der Waals surface area (Å²) in [5.41, 5.74) is 2.04. The second kappa shape index (κ2) is 8.70. The Hall–Kier alpha value is -2.05. The molecule has 0 aliphatic carbocycles. The Kier molecular flexibility index (Phi) is 6.63. The first-order valence-corrected chi connectivity index (χ1v) is 8.19. The second-order valence-electron chi connectivity index (χ2n) is 6.06. The summed E-state index contributed by atoms with van der Waals surface area (Å²) in [5, 5.41) is 17.8. The van der Waals surface area contributed by atoms with Gasteiger partial charge in [0, 0.05) is 20.1 Å². The molecule has 0 saturated carbocycles. The molecular weight excluding hydrogens is 306 g/mol. The number of aliphatic hydroxyl groups is 1. The van der Waals surface area contributed by atoms with E-state index < -0.39 is 6.10 Å². The minimum absolute atomic E-state index is 0.248. The highest BCUT2D eigenvalue weighted by Gasteiger charge is 2.19. The Labute approximate surface area is 143 Å². The Bertz CT molecular complexity index is 626. The van der Waals surface area contributed by atoms with E-state index in [2.05, 4.69) is 24.3 Å². The van der Waals surface area contributed by atoms with Crippen molar-refractivity contribution < 1.29 is 14.6 Å². The van der Waals surface area contributed by atoms with Gasteiger partial charge in [-0.3, -0.25) is 0 Å². The van der Waals surface area contributed by atoms with E-state index >= 15 is 0 Å². The number of aromatic nitrogens is 2. The van der Waals surface area contributed by atoms with Crippen LogP contribution in [0.4, 0.5) is 0 Å². The lowest BCUT2D eigenvalue weighted by Gasteiger charge is -2.14. The number of hydrogen-bond donors (Lipinski definition) is 2. The number of rotatable bonds is 9. The summed E-state index contributed by atoms with van der Waals surface area (Å²) < 4.78 is 12.7. The van der Waals surface area contributed by atoms with E-state index in [0.717, 1.165) is 22.9 Å². The van der Waals surface area contributed by atoms with E-state index in [1.165, 1.54) is 0 Å². The summed E-state index contributed by atoms with van der Waals surface area (Å²) in [6, 6.07) is 9.48. The first kappa shape index (κ1) is 18.3. The van der Waals surface area contributed by atoms with Crippen molar-refractivity contribution >= 4 is 0 Å². The SMILES string of the molecule is COc1c(CNC[C@@H](O)COc2ccccc2)c(C(C)C)nn1C. The standard InChI is InChI=1S/C18H27N3O3/c1-13(2)17-16(18(23-4)21(3)20-17)11-19-10-14(22)12-24-15-8-6-5-7-9-15/h5-9,13-14,19,22H,10-12H2,1-4H3/t14-/m1/s1. The van der Waals surface area contributed by atoms with Crippen LogP contribution in [0.1, 0.15) is 31.0 Å². The zero-order valence-electron chi connectivity index (χ0n) is 14.8. The number of hydrogen-bond acceptors (Lipinski definition) is 5. The molecule has 132 valence electrons. The molecule has 0 spiro atoms. The molecule has 1 aromatic heterocycles. The van der Waals surface area contributed by atoms with Crippen LogP contribution in [0.25, 0.3) is 0 Å². The van der Waals surface area contributed by atoms with Crippen LogP contribution in [0.2, 0.25) is 0 Å². The first-order valence-electron chi connectivity index (χ1n) is 8.19. The fourth-order valence-corrected chi connectivity index (χ4v) is 2.59. The molecule has 24 heavy (non-hydrogen) atoms. The smallest absolute Gasteiger partial charge is 0.216 e. The molecule has 1 aromatic carbocycles. The van der Waals surface area contributed by atoms with Gasteiger partial charge in [0.25, 0.3) is 0 Å². The number of nitrogens with zero attached hydrogens (tertiary/aromatic N) is 2. The molecule has 1 heterocycles. The van der Waals surface area contributed by atoms with E-state index in [1.807, 2.05) is 37.4 Å². The van der Waals surface area contributed by atoms with Crippen LogP contribution in [0.5, 0.6) is 11.6 Å². The Balaban J connectivity index is 1.85. The molecule has 0 radical (unpaired) electrons. The van der Waals surface area contributed by atoms with Gasteiger partial charge in [-0.25, -0.2) is 4.68 Å². The van der Waals surface area contributed by atoms with Crippen LogP contribution >= 0.6 is 0 Å². The van der Waals surface area contributed by atoms with Crippen LogP contribution in [0, 0.1) is 0 Å². The summed E-state index contributed by atoms with van der Waals surface area (Å²) in [5.74, 6) is 1.82. The molecule has 6 heteroatoms. The van der Waals surface area contributed by atoms with Crippen molar-refractivity contribution in [3.05, 3.63) is 41.6 Å². The summed E-state index contributed by atoms with van der Waals surface area (Å²) >= 11 is 0. The second-order valence-corrected chi connectivity index (χ2v) is 6.06. The van der Waals surface area contributed by atoms with Gasteiger partial charge in [0.1, 0.15) is 18.5 Å². The zero-order chi connectivity index (χ0) is 17.5. The fourth-order valence-electron chi connectivity index (χ4n) is 2.59. The highest BCUT2D eigenvalue weighted by Crippen LogP contribution is 2.26. The maximum absolute atomic E-state index is 10.1. The predicted octanol–water partition coefficient (Wildman–Crippen LogP) is 2.08. The Morgan fingerprint density at radius 3 is 2.58 bits per heavy atom. The van der Waals surface area contributed by atoms with Crippen molar-refractivity contribution in [1.29, 1.82) is 0 Å². The van der Waals surface area contributed by atoms with Gasteiger partial charge in [0.05, 0.1) is 18.4 Å². The lowest BCUT2D eigenvalue weighted by molar-refractivity contribution is 0.106. The fraction of sp³-hybridized carbons (Fsp3) is 0.500. The predicted molar refractivity (Wildman–Crippen MR) is 93.5 cm³/mol. The minimum atomic E-state index is -0.588. The average Bonchev–Trinajstić information content (AvgIpc) is 2.90. The molecule has 0 aliphatic rings. The van der Waals surface area contributed by atoms with Gasteiger partial charge in [-0.2, -0.15) is 5.10 Å². The third-order valence-electron chi connectivity index (χ3n) is 3.73. The number of ether oxygens (including phenoxy) is 2. The van der Waals surface area contributed by atoms with E-state index in [9.17, 15) is 5.11 Å². The summed E-state index contributed by atoms with van der Waals surface area (Å²) in [4.78, 5) is 0. The lowest BCUT2D eigenvalue weighted by atomic mass is 10.1. The molecule has 6 nitrogen and oxygen atoms in total. The third kappa shape index (κ3) is 4.72. The van der Waals surface area contributed by atoms with Gasteiger partial charge in [0.15, 0.2) is 0 Å². The lowest BCUT2D eigenvalue weighted by Crippen LogP contribution is -2.31. The Morgan fingerprint density at radius 1 is 1.25 bits per heavy atom. The summed E-state index contributed by atoms with van der Waals surface area (Å²) in [7, 11) is 3.52. The molecule has 0 unspecified atom stereocenters. The summed E-state index contributed by atoms with van der Waals surface area (Å²) in [6.07, 6.45) is -0.588. The maximum Gasteiger partial charge on any atom is 0.216 e. The van der Waals surface area contributed by atoms with Crippen molar-refractivity contribution in [2.75, 3.05) is 20.3 Å². The van der Waals surface area contributed by atoms with Crippen LogP contribution in [-0.2, 0) is 13.6 Å². The van der Waals surface area contributed by atoms with Crippen LogP contribution in [0.15, 0.2) is 30.3 Å². The van der Waals surface area contributed by atoms with Gasteiger partial charge in [-0.15, -0.1) is 0 Å². The van der Waals surface area contributed by atoms with Gasteiger partial charge < -0.3 is 19.9 Å².